The van der Waals surface area contributed by atoms with E-state index in [-0.39, 0.29) is 5.56 Å². The molecule has 0 saturated heterocycles. The molecule has 1 amide bonds. The Hall–Kier alpha value is -2.70. The van der Waals surface area contributed by atoms with E-state index in [0.717, 1.165) is 12.1 Å². The third kappa shape index (κ3) is 4.04. The van der Waals surface area contributed by atoms with Crippen LogP contribution in [0.2, 0.25) is 0 Å². The van der Waals surface area contributed by atoms with Gasteiger partial charge in [-0.1, -0.05) is 18.2 Å². The first-order valence-electron chi connectivity index (χ1n) is 7.48. The van der Waals surface area contributed by atoms with Crippen LogP contribution in [0, 0.1) is 0 Å². The molecule has 134 valence electrons. The van der Waals surface area contributed by atoms with Crippen molar-refractivity contribution in [2.45, 2.75) is 25.4 Å². The zero-order valence-corrected chi connectivity index (χ0v) is 14.1. The summed E-state index contributed by atoms with van der Waals surface area (Å²) in [5.74, 6) is 0.0199. The molecular weight excluding hydrogens is 333 g/mol. The van der Waals surface area contributed by atoms with Crippen LogP contribution in [-0.2, 0) is 16.4 Å². The molecule has 0 atom stereocenters. The summed E-state index contributed by atoms with van der Waals surface area (Å²) in [5.41, 5.74) is 4.87. The molecule has 0 spiro atoms. The Morgan fingerprint density at radius 1 is 1.08 bits per heavy atom. The van der Waals surface area contributed by atoms with Gasteiger partial charge in [0.1, 0.15) is 5.75 Å². The highest BCUT2D eigenvalue weighted by Gasteiger charge is 2.35. The van der Waals surface area contributed by atoms with E-state index in [9.17, 15) is 18.0 Å². The van der Waals surface area contributed by atoms with Crippen molar-refractivity contribution in [3.05, 3.63) is 53.6 Å². The van der Waals surface area contributed by atoms with Crippen LogP contribution in [0.1, 0.15) is 25.0 Å². The molecule has 0 saturated carbocycles. The number of methoxy groups -OCH3 is 1. The van der Waals surface area contributed by atoms with Gasteiger partial charge in [0, 0.05) is 5.69 Å². The number of amides is 1. The van der Waals surface area contributed by atoms with Crippen molar-refractivity contribution in [3.8, 4) is 5.75 Å². The summed E-state index contributed by atoms with van der Waals surface area (Å²) >= 11 is 0. The fraction of sp³-hybridized carbons (Fsp3) is 0.278. The molecule has 0 unspecified atom stereocenters. The van der Waals surface area contributed by atoms with Gasteiger partial charge in [-0.2, -0.15) is 13.2 Å². The lowest BCUT2D eigenvalue weighted by Crippen LogP contribution is -2.35. The van der Waals surface area contributed by atoms with E-state index in [1.807, 2.05) is 0 Å². The summed E-state index contributed by atoms with van der Waals surface area (Å²) < 4.78 is 43.7. The molecule has 2 rings (SSSR count). The van der Waals surface area contributed by atoms with Crippen molar-refractivity contribution in [1.29, 1.82) is 0 Å². The zero-order valence-electron chi connectivity index (χ0n) is 14.1. The molecule has 0 aliphatic rings. The molecule has 0 fully saturated rings. The summed E-state index contributed by atoms with van der Waals surface area (Å²) in [6.07, 6.45) is -4.47. The Bertz CT molecular complexity index is 786. The molecular formula is C18H19F3N2O2. The lowest BCUT2D eigenvalue weighted by atomic mass is 9.83. The molecule has 0 aliphatic heterocycles. The van der Waals surface area contributed by atoms with Gasteiger partial charge in [-0.25, -0.2) is 0 Å². The molecule has 0 bridgehead atoms. The molecule has 0 aliphatic carbocycles. The molecule has 0 radical (unpaired) electrons. The number of halogens is 3. The smallest absolute Gasteiger partial charge is 0.416 e. The van der Waals surface area contributed by atoms with Crippen molar-refractivity contribution >= 4 is 17.3 Å². The van der Waals surface area contributed by atoms with E-state index in [4.69, 9.17) is 10.5 Å². The zero-order chi connectivity index (χ0) is 18.8. The SMILES string of the molecule is COc1ccc(NC(=O)C(C)(C)c2cccc(C(F)(F)F)c2)cc1N. The first-order chi connectivity index (χ1) is 11.6. The molecule has 3 N–H and O–H groups in total. The highest BCUT2D eigenvalue weighted by Crippen LogP contribution is 2.33. The van der Waals surface area contributed by atoms with Crippen LogP contribution in [0.4, 0.5) is 24.5 Å². The predicted molar refractivity (Wildman–Crippen MR) is 90.5 cm³/mol. The lowest BCUT2D eigenvalue weighted by Gasteiger charge is -2.25. The second-order valence-electron chi connectivity index (χ2n) is 6.11. The third-order valence-corrected chi connectivity index (χ3v) is 3.97. The van der Waals surface area contributed by atoms with Gasteiger partial charge in [0.2, 0.25) is 5.91 Å². The predicted octanol–water partition coefficient (Wildman–Crippen LogP) is 4.21. The molecule has 25 heavy (non-hydrogen) atoms. The number of nitrogens with one attached hydrogen (secondary N) is 1. The summed E-state index contributed by atoms with van der Waals surface area (Å²) in [6, 6.07) is 9.48. The highest BCUT2D eigenvalue weighted by molar-refractivity contribution is 5.99. The van der Waals surface area contributed by atoms with Gasteiger partial charge in [0.15, 0.2) is 0 Å². The van der Waals surface area contributed by atoms with Crippen LogP contribution < -0.4 is 15.8 Å². The number of anilines is 2. The van der Waals surface area contributed by atoms with Crippen molar-refractivity contribution in [2.75, 3.05) is 18.2 Å². The number of carbonyl (C=O) groups excluding carboxylic acids is 1. The molecule has 0 aromatic heterocycles. The van der Waals surface area contributed by atoms with Gasteiger partial charge in [0.05, 0.1) is 23.8 Å². The number of benzene rings is 2. The maximum absolute atomic E-state index is 12.9. The lowest BCUT2D eigenvalue weighted by molar-refractivity contribution is -0.137. The monoisotopic (exact) mass is 352 g/mol. The van der Waals surface area contributed by atoms with Crippen molar-refractivity contribution in [3.63, 3.8) is 0 Å². The molecule has 0 heterocycles. The number of hydrogen-bond donors (Lipinski definition) is 2. The second kappa shape index (κ2) is 6.66. The Balaban J connectivity index is 2.27. The topological polar surface area (TPSA) is 64.3 Å². The first-order valence-corrected chi connectivity index (χ1v) is 7.48. The quantitative estimate of drug-likeness (QED) is 0.810. The van der Waals surface area contributed by atoms with Crippen LogP contribution in [0.5, 0.6) is 5.75 Å². The Labute approximate surface area is 143 Å². The molecule has 7 heteroatoms. The minimum absolute atomic E-state index is 0.265. The number of nitrogens with two attached hydrogens (primary N) is 1. The normalized spacial score (nSPS) is 11.9. The minimum atomic E-state index is -4.47. The third-order valence-electron chi connectivity index (χ3n) is 3.97. The second-order valence-corrected chi connectivity index (χ2v) is 6.11. The van der Waals surface area contributed by atoms with Crippen molar-refractivity contribution < 1.29 is 22.7 Å². The number of nitrogen functional groups attached to an aromatic ring is 1. The van der Waals surface area contributed by atoms with Crippen LogP contribution >= 0.6 is 0 Å². The van der Waals surface area contributed by atoms with Crippen molar-refractivity contribution in [1.82, 2.24) is 0 Å². The number of carbonyl (C=O) groups is 1. The summed E-state index contributed by atoms with van der Waals surface area (Å²) in [4.78, 5) is 12.6. The van der Waals surface area contributed by atoms with Crippen LogP contribution in [0.15, 0.2) is 42.5 Å². The molecule has 4 nitrogen and oxygen atoms in total. The average molecular weight is 352 g/mol. The van der Waals surface area contributed by atoms with E-state index in [2.05, 4.69) is 5.32 Å². The van der Waals surface area contributed by atoms with Crippen LogP contribution in [-0.4, -0.2) is 13.0 Å². The number of ether oxygens (including phenoxy) is 1. The summed E-state index contributed by atoms with van der Waals surface area (Å²) in [7, 11) is 1.47. The maximum Gasteiger partial charge on any atom is 0.416 e. The number of rotatable bonds is 4. The largest absolute Gasteiger partial charge is 0.495 e. The van der Waals surface area contributed by atoms with Crippen molar-refractivity contribution in [2.24, 2.45) is 0 Å². The number of alkyl halides is 3. The maximum atomic E-state index is 12.9. The van der Waals surface area contributed by atoms with E-state index >= 15 is 0 Å². The van der Waals surface area contributed by atoms with Gasteiger partial charge < -0.3 is 15.8 Å². The van der Waals surface area contributed by atoms with Gasteiger partial charge in [-0.15, -0.1) is 0 Å². The van der Waals surface area contributed by atoms with E-state index in [1.165, 1.54) is 25.3 Å². The van der Waals surface area contributed by atoms with Crippen LogP contribution in [0.3, 0.4) is 0 Å². The Morgan fingerprint density at radius 2 is 1.72 bits per heavy atom. The average Bonchev–Trinajstić information content (AvgIpc) is 2.54. The summed E-state index contributed by atoms with van der Waals surface area (Å²) in [6.45, 7) is 3.12. The Kier molecular flexibility index (Phi) is 4.97. The fourth-order valence-electron chi connectivity index (χ4n) is 2.31. The molecule has 2 aromatic rings. The first kappa shape index (κ1) is 18.6. The minimum Gasteiger partial charge on any atom is -0.495 e. The standard InChI is InChI=1S/C18H19F3N2O2/c1-17(2,11-5-4-6-12(9-11)18(19,20)21)16(24)23-13-7-8-15(25-3)14(22)10-13/h4-10H,22H2,1-3H3,(H,23,24). The summed E-state index contributed by atoms with van der Waals surface area (Å²) in [5, 5.41) is 2.68. The van der Waals surface area contributed by atoms with Crippen LogP contribution in [0.25, 0.3) is 0 Å². The van der Waals surface area contributed by atoms with Gasteiger partial charge in [-0.05, 0) is 43.7 Å². The fourth-order valence-corrected chi connectivity index (χ4v) is 2.31. The number of hydrogen-bond acceptors (Lipinski definition) is 3. The van der Waals surface area contributed by atoms with Gasteiger partial charge >= 0.3 is 6.18 Å². The van der Waals surface area contributed by atoms with E-state index in [0.29, 0.717) is 17.1 Å². The molecule has 2 aromatic carbocycles. The van der Waals surface area contributed by atoms with E-state index < -0.39 is 23.1 Å². The van der Waals surface area contributed by atoms with Gasteiger partial charge in [0.25, 0.3) is 0 Å². The Morgan fingerprint density at radius 3 is 2.28 bits per heavy atom. The van der Waals surface area contributed by atoms with E-state index in [1.54, 1.807) is 26.0 Å². The van der Waals surface area contributed by atoms with Gasteiger partial charge in [-0.3, -0.25) is 4.79 Å². The highest BCUT2D eigenvalue weighted by atomic mass is 19.4.